The fraction of sp³-hybridized carbons (Fsp3) is 0.318. The summed E-state index contributed by atoms with van der Waals surface area (Å²) in [6, 6.07) is 10.2. The Balaban J connectivity index is 1.88. The molecule has 0 aliphatic carbocycles. The molecule has 0 amide bonds. The lowest BCUT2D eigenvalue weighted by Gasteiger charge is -2.32. The van der Waals surface area contributed by atoms with E-state index in [1.165, 1.54) is 6.92 Å². The average molecular weight is 460 g/mol. The minimum atomic E-state index is -0.664. The van der Waals surface area contributed by atoms with Crippen molar-refractivity contribution in [3.05, 3.63) is 52.1 Å². The van der Waals surface area contributed by atoms with Gasteiger partial charge in [0.1, 0.15) is 5.75 Å². The van der Waals surface area contributed by atoms with E-state index in [0.717, 1.165) is 32.3 Å². The molecular formula is C22H22BrNO5. The molecule has 2 atom stereocenters. The maximum Gasteiger partial charge on any atom is 0.305 e. The van der Waals surface area contributed by atoms with E-state index in [1.807, 2.05) is 36.0 Å². The van der Waals surface area contributed by atoms with Crippen molar-refractivity contribution in [1.29, 1.82) is 0 Å². The largest absolute Gasteiger partial charge is 0.493 e. The molecule has 0 saturated carbocycles. The van der Waals surface area contributed by atoms with Crippen molar-refractivity contribution >= 4 is 32.8 Å². The number of aryl methyl sites for hydroxylation is 1. The monoisotopic (exact) mass is 459 g/mol. The summed E-state index contributed by atoms with van der Waals surface area (Å²) in [5.74, 6) is 1.61. The number of benzene rings is 2. The van der Waals surface area contributed by atoms with Crippen LogP contribution < -0.4 is 14.2 Å². The Hall–Kier alpha value is -2.67. The van der Waals surface area contributed by atoms with Crippen molar-refractivity contribution in [3.8, 4) is 17.2 Å². The maximum atomic E-state index is 11.6. The Morgan fingerprint density at radius 2 is 2.00 bits per heavy atom. The van der Waals surface area contributed by atoms with Gasteiger partial charge in [0.2, 0.25) is 6.29 Å². The molecular weight excluding hydrogens is 438 g/mol. The minimum Gasteiger partial charge on any atom is -0.493 e. The maximum absolute atomic E-state index is 11.6. The molecule has 2 heterocycles. The van der Waals surface area contributed by atoms with E-state index in [0.29, 0.717) is 17.9 Å². The van der Waals surface area contributed by atoms with Gasteiger partial charge in [0, 0.05) is 43.5 Å². The van der Waals surface area contributed by atoms with Gasteiger partial charge in [0.25, 0.3) is 0 Å². The zero-order valence-electron chi connectivity index (χ0n) is 16.7. The third-order valence-electron chi connectivity index (χ3n) is 5.26. The molecule has 2 aromatic carbocycles. The molecule has 3 aromatic rings. The predicted octanol–water partition coefficient (Wildman–Crippen LogP) is 4.76. The molecule has 7 heteroatoms. The van der Waals surface area contributed by atoms with Crippen LogP contribution in [0, 0.1) is 0 Å². The van der Waals surface area contributed by atoms with E-state index in [1.54, 1.807) is 14.2 Å². The normalized spacial score (nSPS) is 18.1. The van der Waals surface area contributed by atoms with Crippen molar-refractivity contribution in [2.75, 3.05) is 14.2 Å². The molecule has 1 aliphatic rings. The third kappa shape index (κ3) is 3.44. The minimum absolute atomic E-state index is 0.0381. The Kier molecular flexibility index (Phi) is 5.17. The molecule has 1 aromatic heterocycles. The van der Waals surface area contributed by atoms with Gasteiger partial charge in [-0.3, -0.25) is 4.79 Å². The Morgan fingerprint density at radius 1 is 1.21 bits per heavy atom. The van der Waals surface area contributed by atoms with Crippen molar-refractivity contribution < 1.29 is 23.7 Å². The van der Waals surface area contributed by atoms with Crippen LogP contribution in [0.3, 0.4) is 0 Å². The number of ether oxygens (including phenoxy) is 4. The van der Waals surface area contributed by atoms with Crippen LogP contribution in [0.25, 0.3) is 10.9 Å². The topological polar surface area (TPSA) is 58.9 Å². The van der Waals surface area contributed by atoms with Crippen LogP contribution >= 0.6 is 15.9 Å². The summed E-state index contributed by atoms with van der Waals surface area (Å²) in [6.07, 6.45) is 1.83. The number of hydrogen-bond acceptors (Lipinski definition) is 5. The highest BCUT2D eigenvalue weighted by molar-refractivity contribution is 9.10. The van der Waals surface area contributed by atoms with Gasteiger partial charge in [-0.25, -0.2) is 0 Å². The van der Waals surface area contributed by atoms with Crippen LogP contribution in [0.2, 0.25) is 0 Å². The molecule has 0 saturated heterocycles. The number of carbonyl (C=O) groups excluding carboxylic acids is 1. The predicted molar refractivity (Wildman–Crippen MR) is 113 cm³/mol. The quantitative estimate of drug-likeness (QED) is 0.526. The fourth-order valence-corrected chi connectivity index (χ4v) is 4.58. The van der Waals surface area contributed by atoms with E-state index < -0.39 is 6.29 Å². The molecule has 6 nitrogen and oxygen atoms in total. The molecule has 4 rings (SSSR count). The van der Waals surface area contributed by atoms with Crippen molar-refractivity contribution in [2.45, 2.75) is 25.6 Å². The summed E-state index contributed by atoms with van der Waals surface area (Å²) in [4.78, 5) is 11.6. The lowest BCUT2D eigenvalue weighted by Crippen LogP contribution is -2.30. The van der Waals surface area contributed by atoms with Gasteiger partial charge in [-0.15, -0.1) is 0 Å². The number of carbonyl (C=O) groups is 1. The molecule has 0 N–H and O–H groups in total. The van der Waals surface area contributed by atoms with E-state index >= 15 is 0 Å². The fourth-order valence-electron chi connectivity index (χ4n) is 3.96. The number of methoxy groups -OCH3 is 2. The van der Waals surface area contributed by atoms with Gasteiger partial charge in [-0.05, 0) is 45.8 Å². The van der Waals surface area contributed by atoms with Crippen LogP contribution in [-0.2, 0) is 16.6 Å². The molecule has 2 unspecified atom stereocenters. The molecule has 0 radical (unpaired) electrons. The zero-order chi connectivity index (χ0) is 20.7. The average Bonchev–Trinajstić information content (AvgIpc) is 3.07. The number of nitrogens with zero attached hydrogens (tertiary/aromatic N) is 1. The standard InChI is InChI=1S/C22H22BrNO5/c1-12(25)28-20-11-16(13-9-17(23)22(27-4)19(10-13)26-3)14-5-6-18-15(21(14)29-20)7-8-24(18)2/h5-10,16,20H,11H2,1-4H3. The Labute approximate surface area is 177 Å². The molecule has 0 fully saturated rings. The highest BCUT2D eigenvalue weighted by atomic mass is 79.9. The van der Waals surface area contributed by atoms with E-state index in [2.05, 4.69) is 28.1 Å². The summed E-state index contributed by atoms with van der Waals surface area (Å²) in [6.45, 7) is 1.39. The number of esters is 1. The van der Waals surface area contributed by atoms with Crippen LogP contribution in [0.15, 0.2) is 41.0 Å². The summed E-state index contributed by atoms with van der Waals surface area (Å²) >= 11 is 3.58. The highest BCUT2D eigenvalue weighted by Crippen LogP contribution is 2.47. The Morgan fingerprint density at radius 3 is 2.69 bits per heavy atom. The van der Waals surface area contributed by atoms with Crippen LogP contribution in [0.5, 0.6) is 17.2 Å². The van der Waals surface area contributed by atoms with Gasteiger partial charge >= 0.3 is 5.97 Å². The summed E-state index contributed by atoms with van der Waals surface area (Å²) < 4.78 is 25.4. The SMILES string of the molecule is COc1cc(C2CC(OC(C)=O)Oc3c2ccc2c3ccn2C)cc(Br)c1OC. The van der Waals surface area contributed by atoms with E-state index in [9.17, 15) is 4.79 Å². The van der Waals surface area contributed by atoms with Gasteiger partial charge in [-0.2, -0.15) is 0 Å². The lowest BCUT2D eigenvalue weighted by atomic mass is 9.85. The van der Waals surface area contributed by atoms with E-state index in [-0.39, 0.29) is 11.9 Å². The second-order valence-electron chi connectivity index (χ2n) is 7.03. The van der Waals surface area contributed by atoms with Crippen molar-refractivity contribution in [3.63, 3.8) is 0 Å². The molecule has 152 valence electrons. The number of halogens is 1. The summed E-state index contributed by atoms with van der Waals surface area (Å²) in [5.41, 5.74) is 3.12. The number of rotatable bonds is 4. The molecule has 0 bridgehead atoms. The van der Waals surface area contributed by atoms with Crippen molar-refractivity contribution in [1.82, 2.24) is 4.57 Å². The van der Waals surface area contributed by atoms with E-state index in [4.69, 9.17) is 18.9 Å². The summed E-state index contributed by atoms with van der Waals surface area (Å²) in [7, 11) is 5.21. The van der Waals surface area contributed by atoms with Gasteiger partial charge < -0.3 is 23.5 Å². The first-order valence-electron chi connectivity index (χ1n) is 9.26. The second kappa shape index (κ2) is 7.63. The van der Waals surface area contributed by atoms with Crippen LogP contribution in [0.1, 0.15) is 30.4 Å². The highest BCUT2D eigenvalue weighted by Gasteiger charge is 2.33. The molecule has 0 spiro atoms. The van der Waals surface area contributed by atoms with Crippen molar-refractivity contribution in [2.24, 2.45) is 7.05 Å². The Bertz CT molecular complexity index is 1090. The van der Waals surface area contributed by atoms with Gasteiger partial charge in [-0.1, -0.05) is 6.07 Å². The van der Waals surface area contributed by atoms with Gasteiger partial charge in [0.15, 0.2) is 11.5 Å². The van der Waals surface area contributed by atoms with Gasteiger partial charge in [0.05, 0.1) is 24.2 Å². The molecule has 1 aliphatic heterocycles. The molecule has 29 heavy (non-hydrogen) atoms. The number of fused-ring (bicyclic) bond motifs is 3. The first-order valence-corrected chi connectivity index (χ1v) is 10.1. The van der Waals surface area contributed by atoms with Crippen LogP contribution in [0.4, 0.5) is 0 Å². The first kappa shape index (κ1) is 19.6. The smallest absolute Gasteiger partial charge is 0.305 e. The third-order valence-corrected chi connectivity index (χ3v) is 5.85. The summed E-state index contributed by atoms with van der Waals surface area (Å²) in [5, 5.41) is 0.992. The number of hydrogen-bond donors (Lipinski definition) is 0. The second-order valence-corrected chi connectivity index (χ2v) is 7.88. The number of aromatic nitrogens is 1. The van der Waals surface area contributed by atoms with Crippen LogP contribution in [-0.4, -0.2) is 31.0 Å². The zero-order valence-corrected chi connectivity index (χ0v) is 18.3. The lowest BCUT2D eigenvalue weighted by molar-refractivity contribution is -0.163. The first-order chi connectivity index (χ1) is 13.9.